The molecule has 0 bridgehead atoms. The molecule has 1 atom stereocenters. The van der Waals surface area contributed by atoms with E-state index < -0.39 is 6.10 Å². The van der Waals surface area contributed by atoms with Crippen LogP contribution in [-0.2, 0) is 0 Å². The predicted octanol–water partition coefficient (Wildman–Crippen LogP) is 2.65. The Morgan fingerprint density at radius 1 is 1.39 bits per heavy atom. The molecule has 23 heavy (non-hydrogen) atoms. The van der Waals surface area contributed by atoms with Crippen LogP contribution in [-0.4, -0.2) is 55.4 Å². The maximum atomic E-state index is 9.99. The number of aliphatic hydroxyl groups is 1. The van der Waals surface area contributed by atoms with Crippen LogP contribution in [0.15, 0.2) is 23.2 Å². The van der Waals surface area contributed by atoms with Gasteiger partial charge in [0.1, 0.15) is 23.5 Å². The minimum absolute atomic E-state index is 0.0911. The molecule has 0 radical (unpaired) electrons. The highest BCUT2D eigenvalue weighted by atomic mass is 35.5. The molecule has 0 spiro atoms. The van der Waals surface area contributed by atoms with Gasteiger partial charge in [0.2, 0.25) is 0 Å². The van der Waals surface area contributed by atoms with Gasteiger partial charge in [0.25, 0.3) is 0 Å². The van der Waals surface area contributed by atoms with Crippen LogP contribution in [0.2, 0.25) is 10.0 Å². The van der Waals surface area contributed by atoms with Gasteiger partial charge < -0.3 is 20.5 Å². The van der Waals surface area contributed by atoms with E-state index in [0.29, 0.717) is 21.8 Å². The molecule has 0 saturated heterocycles. The van der Waals surface area contributed by atoms with Gasteiger partial charge in [-0.1, -0.05) is 29.3 Å². The van der Waals surface area contributed by atoms with Crippen LogP contribution in [0.1, 0.15) is 6.92 Å². The molecule has 8 heteroatoms. The van der Waals surface area contributed by atoms with Crippen LogP contribution < -0.4 is 15.4 Å². The van der Waals surface area contributed by atoms with Crippen LogP contribution in [0.3, 0.4) is 0 Å². The molecule has 0 aliphatic heterocycles. The lowest BCUT2D eigenvalue weighted by Crippen LogP contribution is -2.39. The molecule has 1 aromatic carbocycles. The number of guanidine groups is 1. The Balaban J connectivity index is 2.45. The lowest BCUT2D eigenvalue weighted by atomic mass is 10.3. The average Bonchev–Trinajstić information content (AvgIpc) is 2.54. The largest absolute Gasteiger partial charge is 0.489 e. The summed E-state index contributed by atoms with van der Waals surface area (Å²) >= 11 is 13.7. The quantitative estimate of drug-likeness (QED) is 0.349. The Bertz CT molecular complexity index is 504. The maximum absolute atomic E-state index is 9.99. The van der Waals surface area contributed by atoms with Crippen LogP contribution >= 0.6 is 35.0 Å². The van der Waals surface area contributed by atoms with Gasteiger partial charge in [-0.3, -0.25) is 4.99 Å². The number of ether oxygens (including phenoxy) is 1. The third-order valence-electron chi connectivity index (χ3n) is 2.75. The number of thioether (sulfide) groups is 1. The highest BCUT2D eigenvalue weighted by Gasteiger charge is 2.09. The number of nitrogens with zero attached hydrogens (tertiary/aromatic N) is 1. The molecule has 0 aliphatic carbocycles. The maximum Gasteiger partial charge on any atom is 0.191 e. The Morgan fingerprint density at radius 3 is 2.87 bits per heavy atom. The zero-order chi connectivity index (χ0) is 17.1. The van der Waals surface area contributed by atoms with Crippen LogP contribution in [0.25, 0.3) is 0 Å². The normalized spacial score (nSPS) is 12.8. The van der Waals surface area contributed by atoms with Crippen molar-refractivity contribution in [2.45, 2.75) is 13.0 Å². The summed E-state index contributed by atoms with van der Waals surface area (Å²) in [4.78, 5) is 4.33. The molecule has 0 amide bonds. The van der Waals surface area contributed by atoms with Gasteiger partial charge >= 0.3 is 0 Å². The van der Waals surface area contributed by atoms with Gasteiger partial charge in [0.15, 0.2) is 5.96 Å². The summed E-state index contributed by atoms with van der Waals surface area (Å²) in [7, 11) is 0. The van der Waals surface area contributed by atoms with E-state index in [1.165, 1.54) is 0 Å². The van der Waals surface area contributed by atoms with Crippen molar-refractivity contribution in [3.05, 3.63) is 28.2 Å². The molecular weight excluding hydrogens is 357 g/mol. The lowest BCUT2D eigenvalue weighted by molar-refractivity contribution is 0.114. The molecule has 1 aromatic rings. The number of aliphatic hydroxyl groups excluding tert-OH is 1. The fourth-order valence-electron chi connectivity index (χ4n) is 1.64. The van der Waals surface area contributed by atoms with E-state index in [1.807, 2.05) is 13.2 Å². The van der Waals surface area contributed by atoms with Crippen LogP contribution in [0.4, 0.5) is 0 Å². The van der Waals surface area contributed by atoms with Crippen molar-refractivity contribution in [3.8, 4) is 5.75 Å². The van der Waals surface area contributed by atoms with E-state index in [1.54, 1.807) is 30.0 Å². The minimum atomic E-state index is -0.735. The molecule has 1 unspecified atom stereocenters. The van der Waals surface area contributed by atoms with E-state index in [2.05, 4.69) is 15.6 Å². The molecule has 3 N–H and O–H groups in total. The van der Waals surface area contributed by atoms with Gasteiger partial charge in [0.05, 0.1) is 11.6 Å². The first-order valence-electron chi connectivity index (χ1n) is 7.34. The summed E-state index contributed by atoms with van der Waals surface area (Å²) in [6, 6.07) is 5.13. The van der Waals surface area contributed by atoms with Crippen molar-refractivity contribution < 1.29 is 9.84 Å². The number of hydrogen-bond acceptors (Lipinski definition) is 4. The van der Waals surface area contributed by atoms with Crippen molar-refractivity contribution in [1.29, 1.82) is 0 Å². The first kappa shape index (κ1) is 20.2. The molecule has 5 nitrogen and oxygen atoms in total. The Hall–Kier alpha value is -0.820. The number of halogens is 2. The van der Waals surface area contributed by atoms with E-state index in [0.717, 1.165) is 18.8 Å². The summed E-state index contributed by atoms with van der Waals surface area (Å²) in [5.74, 6) is 2.12. The first-order valence-corrected chi connectivity index (χ1v) is 9.49. The van der Waals surface area contributed by atoms with Crippen molar-refractivity contribution in [3.63, 3.8) is 0 Å². The van der Waals surface area contributed by atoms with Gasteiger partial charge in [0, 0.05) is 18.8 Å². The summed E-state index contributed by atoms with van der Waals surface area (Å²) in [6.45, 7) is 3.89. The standard InChI is InChI=1S/C15H23Cl2N3O2S/c1-3-18-15(19-7-8-23-2)20-9-11(21)10-22-13-6-4-5-12(16)14(13)17/h4-6,11,21H,3,7-10H2,1-2H3,(H2,18,19,20). The monoisotopic (exact) mass is 379 g/mol. The highest BCUT2D eigenvalue weighted by Crippen LogP contribution is 2.31. The average molecular weight is 380 g/mol. The summed E-state index contributed by atoms with van der Waals surface area (Å²) in [6.07, 6.45) is 1.31. The van der Waals surface area contributed by atoms with E-state index in [-0.39, 0.29) is 13.2 Å². The third kappa shape index (κ3) is 8.01. The summed E-state index contributed by atoms with van der Waals surface area (Å²) < 4.78 is 5.49. The Labute approximate surface area is 151 Å². The van der Waals surface area contributed by atoms with Gasteiger partial charge in [-0.25, -0.2) is 0 Å². The van der Waals surface area contributed by atoms with E-state index in [4.69, 9.17) is 27.9 Å². The number of benzene rings is 1. The zero-order valence-corrected chi connectivity index (χ0v) is 15.6. The number of aliphatic imine (C=N–C) groups is 1. The van der Waals surface area contributed by atoms with Crippen LogP contribution in [0.5, 0.6) is 5.75 Å². The molecule has 0 fully saturated rings. The van der Waals surface area contributed by atoms with Crippen molar-refractivity contribution >= 4 is 40.9 Å². The van der Waals surface area contributed by atoms with E-state index >= 15 is 0 Å². The van der Waals surface area contributed by atoms with Crippen LogP contribution in [0, 0.1) is 0 Å². The Morgan fingerprint density at radius 2 is 2.17 bits per heavy atom. The molecule has 1 rings (SSSR count). The number of nitrogens with one attached hydrogen (secondary N) is 2. The highest BCUT2D eigenvalue weighted by molar-refractivity contribution is 7.98. The second kappa shape index (κ2) is 11.7. The Kier molecular flexibility index (Phi) is 10.3. The predicted molar refractivity (Wildman–Crippen MR) is 100 cm³/mol. The third-order valence-corrected chi connectivity index (χ3v) is 4.16. The smallest absolute Gasteiger partial charge is 0.191 e. The fourth-order valence-corrected chi connectivity index (χ4v) is 2.30. The summed E-state index contributed by atoms with van der Waals surface area (Å²) in [5, 5.41) is 17.1. The lowest BCUT2D eigenvalue weighted by Gasteiger charge is -2.14. The SMILES string of the molecule is CCNC(=NCC(O)COc1cccc(Cl)c1Cl)NCCSC. The van der Waals surface area contributed by atoms with E-state index in [9.17, 15) is 5.11 Å². The van der Waals surface area contributed by atoms with Gasteiger partial charge in [-0.15, -0.1) is 0 Å². The van der Waals surface area contributed by atoms with Crippen molar-refractivity contribution in [2.24, 2.45) is 4.99 Å². The number of rotatable bonds is 9. The molecule has 0 saturated carbocycles. The van der Waals surface area contributed by atoms with Crippen molar-refractivity contribution in [1.82, 2.24) is 10.6 Å². The first-order chi connectivity index (χ1) is 11.1. The summed E-state index contributed by atoms with van der Waals surface area (Å²) in [5.41, 5.74) is 0. The topological polar surface area (TPSA) is 65.9 Å². The number of hydrogen-bond donors (Lipinski definition) is 3. The van der Waals surface area contributed by atoms with Crippen molar-refractivity contribution in [2.75, 3.05) is 38.2 Å². The zero-order valence-electron chi connectivity index (χ0n) is 13.3. The van der Waals surface area contributed by atoms with Gasteiger partial charge in [-0.2, -0.15) is 11.8 Å². The molecule has 130 valence electrons. The fraction of sp³-hybridized carbons (Fsp3) is 0.533. The minimum Gasteiger partial charge on any atom is -0.489 e. The molecule has 0 aromatic heterocycles. The van der Waals surface area contributed by atoms with Gasteiger partial charge in [-0.05, 0) is 25.3 Å². The second-order valence-corrected chi connectivity index (χ2v) is 6.43. The molecular formula is C15H23Cl2N3O2S. The molecule has 0 heterocycles. The molecule has 0 aliphatic rings. The second-order valence-electron chi connectivity index (χ2n) is 4.66.